The average molecular weight is 290 g/mol. The van der Waals surface area contributed by atoms with Crippen LogP contribution in [0.1, 0.15) is 18.9 Å². The minimum Gasteiger partial charge on any atom is -0.494 e. The zero-order valence-corrected chi connectivity index (χ0v) is 12.2. The lowest BCUT2D eigenvalue weighted by atomic mass is 10.2. The van der Waals surface area contributed by atoms with E-state index in [2.05, 4.69) is 5.32 Å². The van der Waals surface area contributed by atoms with Crippen LogP contribution in [0, 0.1) is 5.82 Å². The first kappa shape index (κ1) is 15.1. The van der Waals surface area contributed by atoms with Crippen LogP contribution in [0.5, 0.6) is 5.75 Å². The summed E-state index contributed by atoms with van der Waals surface area (Å²) in [5.74, 6) is -0.150. The van der Waals surface area contributed by atoms with Gasteiger partial charge in [-0.15, -0.1) is 0 Å². The summed E-state index contributed by atoms with van der Waals surface area (Å²) in [5, 5.41) is 3.18. The molecule has 2 aromatic rings. The second-order valence-corrected chi connectivity index (χ2v) is 4.77. The van der Waals surface area contributed by atoms with Gasteiger partial charge in [0.25, 0.3) is 5.56 Å². The van der Waals surface area contributed by atoms with Crippen molar-refractivity contribution in [2.24, 2.45) is 0 Å². The van der Waals surface area contributed by atoms with E-state index < -0.39 is 0 Å². The molecule has 4 nitrogen and oxygen atoms in total. The number of benzene rings is 1. The van der Waals surface area contributed by atoms with Gasteiger partial charge in [-0.25, -0.2) is 4.39 Å². The van der Waals surface area contributed by atoms with Crippen LogP contribution >= 0.6 is 0 Å². The number of aryl methyl sites for hydroxylation is 1. The number of ether oxygens (including phenoxy) is 1. The lowest BCUT2D eigenvalue weighted by molar-refractivity contribution is 0.386. The lowest BCUT2D eigenvalue weighted by Gasteiger charge is -2.10. The van der Waals surface area contributed by atoms with Gasteiger partial charge in [0.05, 0.1) is 12.8 Å². The molecule has 0 saturated heterocycles. The van der Waals surface area contributed by atoms with E-state index in [0.29, 0.717) is 13.1 Å². The fourth-order valence-electron chi connectivity index (χ4n) is 2.08. The largest absolute Gasteiger partial charge is 0.494 e. The van der Waals surface area contributed by atoms with Crippen molar-refractivity contribution >= 4 is 5.69 Å². The molecule has 0 saturated carbocycles. The van der Waals surface area contributed by atoms with Gasteiger partial charge in [0.1, 0.15) is 0 Å². The molecule has 0 spiro atoms. The summed E-state index contributed by atoms with van der Waals surface area (Å²) in [5.41, 5.74) is 1.62. The summed E-state index contributed by atoms with van der Waals surface area (Å²) in [4.78, 5) is 11.6. The Balaban J connectivity index is 2.07. The molecule has 0 radical (unpaired) electrons. The van der Waals surface area contributed by atoms with E-state index in [-0.39, 0.29) is 17.1 Å². The summed E-state index contributed by atoms with van der Waals surface area (Å²) in [6, 6.07) is 8.11. The first-order valence-corrected chi connectivity index (χ1v) is 6.91. The maximum atomic E-state index is 13.6. The topological polar surface area (TPSA) is 43.3 Å². The highest BCUT2D eigenvalue weighted by molar-refractivity contribution is 5.41. The van der Waals surface area contributed by atoms with Gasteiger partial charge in [0.2, 0.25) is 0 Å². The van der Waals surface area contributed by atoms with E-state index >= 15 is 0 Å². The Kier molecular flexibility index (Phi) is 4.98. The van der Waals surface area contributed by atoms with Crippen LogP contribution in [-0.4, -0.2) is 11.7 Å². The highest BCUT2D eigenvalue weighted by atomic mass is 19.1. The normalized spacial score (nSPS) is 10.4. The third-order valence-corrected chi connectivity index (χ3v) is 3.16. The third-order valence-electron chi connectivity index (χ3n) is 3.16. The molecular weight excluding hydrogens is 271 g/mol. The van der Waals surface area contributed by atoms with Crippen LogP contribution in [0.25, 0.3) is 0 Å². The van der Waals surface area contributed by atoms with E-state index in [1.54, 1.807) is 29.0 Å². The molecule has 0 atom stereocenters. The second kappa shape index (κ2) is 6.92. The van der Waals surface area contributed by atoms with Crippen LogP contribution in [0.15, 0.2) is 41.3 Å². The van der Waals surface area contributed by atoms with E-state index in [1.165, 1.54) is 19.2 Å². The summed E-state index contributed by atoms with van der Waals surface area (Å²) in [6.07, 6.45) is 2.68. The maximum absolute atomic E-state index is 13.6. The first-order valence-electron chi connectivity index (χ1n) is 6.91. The van der Waals surface area contributed by atoms with Crippen molar-refractivity contribution in [1.82, 2.24) is 4.57 Å². The van der Waals surface area contributed by atoms with E-state index in [0.717, 1.165) is 17.7 Å². The summed E-state index contributed by atoms with van der Waals surface area (Å²) < 4.78 is 20.1. The molecule has 1 N–H and O–H groups in total. The number of pyridine rings is 1. The van der Waals surface area contributed by atoms with Crippen molar-refractivity contribution in [2.45, 2.75) is 26.4 Å². The average Bonchev–Trinajstić information content (AvgIpc) is 2.48. The van der Waals surface area contributed by atoms with Gasteiger partial charge < -0.3 is 14.6 Å². The fraction of sp³-hybridized carbons (Fsp3) is 0.312. The summed E-state index contributed by atoms with van der Waals surface area (Å²) in [6.45, 7) is 3.18. The number of hydrogen-bond acceptors (Lipinski definition) is 3. The van der Waals surface area contributed by atoms with Gasteiger partial charge in [-0.1, -0.05) is 13.0 Å². The number of anilines is 1. The molecule has 0 bridgehead atoms. The van der Waals surface area contributed by atoms with Gasteiger partial charge >= 0.3 is 0 Å². The van der Waals surface area contributed by atoms with Crippen LogP contribution in [0.4, 0.5) is 10.1 Å². The number of hydrogen-bond donors (Lipinski definition) is 1. The number of methoxy groups -OCH3 is 1. The smallest absolute Gasteiger partial charge is 0.250 e. The van der Waals surface area contributed by atoms with Crippen LogP contribution < -0.4 is 15.6 Å². The molecule has 0 aliphatic heterocycles. The number of nitrogens with zero attached hydrogens (tertiary/aromatic N) is 1. The molecule has 0 aliphatic carbocycles. The summed E-state index contributed by atoms with van der Waals surface area (Å²) in [7, 11) is 1.44. The molecule has 1 aromatic heterocycles. The van der Waals surface area contributed by atoms with Crippen molar-refractivity contribution in [1.29, 1.82) is 0 Å². The Morgan fingerprint density at radius 3 is 2.76 bits per heavy atom. The molecule has 0 aliphatic rings. The first-order chi connectivity index (χ1) is 10.1. The molecule has 2 rings (SSSR count). The van der Waals surface area contributed by atoms with Gasteiger partial charge in [0, 0.05) is 25.4 Å². The molecule has 0 unspecified atom stereocenters. The standard InChI is InChI=1S/C16H19FN2O2/c1-3-8-19-11-13(5-7-16(19)20)18-10-12-4-6-15(21-2)14(17)9-12/h4-7,9,11,18H,3,8,10H2,1-2H3. The third kappa shape index (κ3) is 3.84. The van der Waals surface area contributed by atoms with E-state index in [9.17, 15) is 9.18 Å². The van der Waals surface area contributed by atoms with E-state index in [1.807, 2.05) is 6.92 Å². The SMILES string of the molecule is CCCn1cc(NCc2ccc(OC)c(F)c2)ccc1=O. The highest BCUT2D eigenvalue weighted by Crippen LogP contribution is 2.18. The molecule has 0 amide bonds. The highest BCUT2D eigenvalue weighted by Gasteiger charge is 2.04. The van der Waals surface area contributed by atoms with Gasteiger partial charge in [-0.3, -0.25) is 4.79 Å². The molecular formula is C16H19FN2O2. The zero-order chi connectivity index (χ0) is 15.2. The monoisotopic (exact) mass is 290 g/mol. The second-order valence-electron chi connectivity index (χ2n) is 4.77. The van der Waals surface area contributed by atoms with Crippen molar-refractivity contribution in [3.05, 3.63) is 58.3 Å². The number of rotatable bonds is 6. The lowest BCUT2D eigenvalue weighted by Crippen LogP contribution is -2.18. The quantitative estimate of drug-likeness (QED) is 0.889. The number of halogens is 1. The summed E-state index contributed by atoms with van der Waals surface area (Å²) >= 11 is 0. The molecule has 112 valence electrons. The van der Waals surface area contributed by atoms with Gasteiger partial charge in [0.15, 0.2) is 11.6 Å². The minimum atomic E-state index is -0.382. The van der Waals surface area contributed by atoms with Gasteiger partial charge in [-0.2, -0.15) is 0 Å². The Morgan fingerprint density at radius 1 is 1.29 bits per heavy atom. The molecule has 21 heavy (non-hydrogen) atoms. The molecule has 1 heterocycles. The predicted molar refractivity (Wildman–Crippen MR) is 81.3 cm³/mol. The number of nitrogens with one attached hydrogen (secondary N) is 1. The molecule has 0 fully saturated rings. The Morgan fingerprint density at radius 2 is 2.10 bits per heavy atom. The zero-order valence-electron chi connectivity index (χ0n) is 12.2. The maximum Gasteiger partial charge on any atom is 0.250 e. The van der Waals surface area contributed by atoms with Crippen LogP contribution in [0.2, 0.25) is 0 Å². The Bertz CT molecular complexity index is 668. The number of aromatic nitrogens is 1. The Labute approximate surface area is 123 Å². The predicted octanol–water partition coefficient (Wildman–Crippen LogP) is 3.02. The fourth-order valence-corrected chi connectivity index (χ4v) is 2.08. The van der Waals surface area contributed by atoms with Gasteiger partial charge in [-0.05, 0) is 30.2 Å². The van der Waals surface area contributed by atoms with Crippen molar-refractivity contribution in [2.75, 3.05) is 12.4 Å². The van der Waals surface area contributed by atoms with Crippen molar-refractivity contribution < 1.29 is 9.13 Å². The van der Waals surface area contributed by atoms with E-state index in [4.69, 9.17) is 4.74 Å². The van der Waals surface area contributed by atoms with Crippen LogP contribution in [0.3, 0.4) is 0 Å². The molecule has 5 heteroatoms. The van der Waals surface area contributed by atoms with Crippen LogP contribution in [-0.2, 0) is 13.1 Å². The van der Waals surface area contributed by atoms with Crippen molar-refractivity contribution in [3.8, 4) is 5.75 Å². The Hall–Kier alpha value is -2.30. The van der Waals surface area contributed by atoms with Crippen molar-refractivity contribution in [3.63, 3.8) is 0 Å². The minimum absolute atomic E-state index is 0.0158. The molecule has 1 aromatic carbocycles.